The van der Waals surface area contributed by atoms with Crippen LogP contribution in [-0.4, -0.2) is 34.0 Å². The Hall–Kier alpha value is -1.46. The van der Waals surface area contributed by atoms with Gasteiger partial charge in [0.2, 0.25) is 0 Å². The quantitative estimate of drug-likeness (QED) is 0.901. The lowest BCUT2D eigenvalue weighted by molar-refractivity contribution is -0.138. The molecule has 2 rings (SSSR count). The van der Waals surface area contributed by atoms with Crippen molar-refractivity contribution in [1.82, 2.24) is 9.88 Å². The molecular formula is C12H14N2O2S. The van der Waals surface area contributed by atoms with Gasteiger partial charge in [0.15, 0.2) is 0 Å². The average Bonchev–Trinajstić information content (AvgIpc) is 2.69. The Balaban J connectivity index is 2.16. The first-order valence-corrected chi connectivity index (χ1v) is 6.17. The van der Waals surface area contributed by atoms with E-state index in [0.717, 1.165) is 15.2 Å². The molecule has 0 aliphatic heterocycles. The molecule has 0 saturated heterocycles. The van der Waals surface area contributed by atoms with Gasteiger partial charge in [0, 0.05) is 7.05 Å². The Morgan fingerprint density at radius 2 is 2.24 bits per heavy atom. The minimum Gasteiger partial charge on any atom is -0.384 e. The lowest BCUT2D eigenvalue weighted by Crippen LogP contribution is -2.34. The van der Waals surface area contributed by atoms with Crippen LogP contribution in [0.5, 0.6) is 0 Å². The first-order chi connectivity index (χ1) is 8.08. The third-order valence-corrected chi connectivity index (χ3v) is 3.47. The molecular weight excluding hydrogens is 236 g/mol. The van der Waals surface area contributed by atoms with Gasteiger partial charge in [0.25, 0.3) is 5.91 Å². The maximum absolute atomic E-state index is 11.5. The molecule has 0 saturated carbocycles. The Bertz CT molecular complexity index is 503. The standard InChI is InChI=1S/C12H14N2O2S/c1-8(15)12(16)14(2)7-11-13-9-5-3-4-6-10(9)17-11/h3-6,8,15H,7H2,1-2H3. The molecule has 1 heterocycles. The lowest BCUT2D eigenvalue weighted by atomic mass is 10.3. The second-order valence-corrected chi connectivity index (χ2v) is 5.06. The van der Waals surface area contributed by atoms with Gasteiger partial charge in [-0.3, -0.25) is 4.79 Å². The molecule has 90 valence electrons. The molecule has 1 N–H and O–H groups in total. The second kappa shape index (κ2) is 4.81. The van der Waals surface area contributed by atoms with Gasteiger partial charge in [-0.2, -0.15) is 0 Å². The molecule has 1 amide bonds. The van der Waals surface area contributed by atoms with E-state index in [1.54, 1.807) is 18.4 Å². The zero-order chi connectivity index (χ0) is 12.4. The fraction of sp³-hybridized carbons (Fsp3) is 0.333. The van der Waals surface area contributed by atoms with Gasteiger partial charge in [-0.25, -0.2) is 4.98 Å². The summed E-state index contributed by atoms with van der Waals surface area (Å²) in [4.78, 5) is 17.4. The van der Waals surface area contributed by atoms with E-state index < -0.39 is 6.10 Å². The fourth-order valence-corrected chi connectivity index (χ4v) is 2.61. The Morgan fingerprint density at radius 3 is 2.88 bits per heavy atom. The van der Waals surface area contributed by atoms with E-state index in [1.165, 1.54) is 11.8 Å². The number of hydrogen-bond donors (Lipinski definition) is 1. The van der Waals surface area contributed by atoms with Crippen LogP contribution in [-0.2, 0) is 11.3 Å². The van der Waals surface area contributed by atoms with Crippen LogP contribution in [0.4, 0.5) is 0 Å². The van der Waals surface area contributed by atoms with Gasteiger partial charge in [-0.05, 0) is 19.1 Å². The monoisotopic (exact) mass is 250 g/mol. The number of fused-ring (bicyclic) bond motifs is 1. The van der Waals surface area contributed by atoms with Crippen LogP contribution in [0.25, 0.3) is 10.2 Å². The van der Waals surface area contributed by atoms with E-state index in [9.17, 15) is 9.90 Å². The first-order valence-electron chi connectivity index (χ1n) is 5.35. The van der Waals surface area contributed by atoms with Crippen molar-refractivity contribution in [3.8, 4) is 0 Å². The molecule has 4 nitrogen and oxygen atoms in total. The van der Waals surface area contributed by atoms with Crippen LogP contribution < -0.4 is 0 Å². The summed E-state index contributed by atoms with van der Waals surface area (Å²) >= 11 is 1.57. The number of carbonyl (C=O) groups excluding carboxylic acids is 1. The van der Waals surface area contributed by atoms with Crippen LogP contribution >= 0.6 is 11.3 Å². The second-order valence-electron chi connectivity index (χ2n) is 3.95. The van der Waals surface area contributed by atoms with E-state index in [4.69, 9.17) is 0 Å². The van der Waals surface area contributed by atoms with Crippen molar-refractivity contribution < 1.29 is 9.90 Å². The smallest absolute Gasteiger partial charge is 0.251 e. The molecule has 1 unspecified atom stereocenters. The third-order valence-electron chi connectivity index (χ3n) is 2.44. The molecule has 0 aliphatic rings. The van der Waals surface area contributed by atoms with Crippen LogP contribution in [0.1, 0.15) is 11.9 Å². The number of aromatic nitrogens is 1. The van der Waals surface area contributed by atoms with Gasteiger partial charge in [0.05, 0.1) is 16.8 Å². The zero-order valence-corrected chi connectivity index (χ0v) is 10.6. The number of aliphatic hydroxyl groups is 1. The molecule has 1 aromatic carbocycles. The van der Waals surface area contributed by atoms with Crippen molar-refractivity contribution >= 4 is 27.5 Å². The number of likely N-dealkylation sites (N-methyl/N-ethyl adjacent to an activating group) is 1. The highest BCUT2D eigenvalue weighted by Crippen LogP contribution is 2.22. The molecule has 5 heteroatoms. The van der Waals surface area contributed by atoms with Crippen molar-refractivity contribution in [3.63, 3.8) is 0 Å². The van der Waals surface area contributed by atoms with Crippen LogP contribution in [0.15, 0.2) is 24.3 Å². The number of hydrogen-bond acceptors (Lipinski definition) is 4. The SMILES string of the molecule is CC(O)C(=O)N(C)Cc1nc2ccccc2s1. The number of carbonyl (C=O) groups is 1. The number of aliphatic hydroxyl groups excluding tert-OH is 1. The fourth-order valence-electron chi connectivity index (χ4n) is 1.59. The summed E-state index contributed by atoms with van der Waals surface area (Å²) in [6.07, 6.45) is -0.964. The number of thiazole rings is 1. The largest absolute Gasteiger partial charge is 0.384 e. The number of nitrogens with zero attached hydrogens (tertiary/aromatic N) is 2. The van der Waals surface area contributed by atoms with Crippen molar-refractivity contribution in [3.05, 3.63) is 29.3 Å². The number of rotatable bonds is 3. The number of benzene rings is 1. The molecule has 0 fully saturated rings. The van der Waals surface area contributed by atoms with Crippen LogP contribution in [0.2, 0.25) is 0 Å². The third kappa shape index (κ3) is 2.62. The van der Waals surface area contributed by atoms with E-state index in [0.29, 0.717) is 6.54 Å². The highest BCUT2D eigenvalue weighted by atomic mass is 32.1. The van der Waals surface area contributed by atoms with Gasteiger partial charge in [-0.15, -0.1) is 11.3 Å². The maximum Gasteiger partial charge on any atom is 0.251 e. The average molecular weight is 250 g/mol. The lowest BCUT2D eigenvalue weighted by Gasteiger charge is -2.16. The zero-order valence-electron chi connectivity index (χ0n) is 9.75. The van der Waals surface area contributed by atoms with E-state index in [1.807, 2.05) is 24.3 Å². The summed E-state index contributed by atoms with van der Waals surface area (Å²) in [5.41, 5.74) is 0.949. The van der Waals surface area contributed by atoms with Gasteiger partial charge in [-0.1, -0.05) is 12.1 Å². The summed E-state index contributed by atoms with van der Waals surface area (Å²) in [5.74, 6) is -0.288. The van der Waals surface area contributed by atoms with Gasteiger partial charge < -0.3 is 10.0 Å². The normalized spacial score (nSPS) is 12.6. The maximum atomic E-state index is 11.5. The van der Waals surface area contributed by atoms with Gasteiger partial charge >= 0.3 is 0 Å². The Morgan fingerprint density at radius 1 is 1.53 bits per heavy atom. The summed E-state index contributed by atoms with van der Waals surface area (Å²) in [5, 5.41) is 10.1. The van der Waals surface area contributed by atoms with E-state index >= 15 is 0 Å². The highest BCUT2D eigenvalue weighted by Gasteiger charge is 2.16. The minimum atomic E-state index is -0.964. The van der Waals surface area contributed by atoms with Crippen molar-refractivity contribution in [2.24, 2.45) is 0 Å². The van der Waals surface area contributed by atoms with E-state index in [-0.39, 0.29) is 5.91 Å². The molecule has 17 heavy (non-hydrogen) atoms. The topological polar surface area (TPSA) is 53.4 Å². The predicted octanol–water partition coefficient (Wildman–Crippen LogP) is 1.64. The van der Waals surface area contributed by atoms with Crippen molar-refractivity contribution in [2.45, 2.75) is 19.6 Å². The Kier molecular flexibility index (Phi) is 3.40. The summed E-state index contributed by atoms with van der Waals surface area (Å²) in [7, 11) is 1.67. The predicted molar refractivity (Wildman–Crippen MR) is 67.8 cm³/mol. The van der Waals surface area contributed by atoms with Crippen LogP contribution in [0.3, 0.4) is 0 Å². The van der Waals surface area contributed by atoms with Gasteiger partial charge in [0.1, 0.15) is 11.1 Å². The van der Waals surface area contributed by atoms with Crippen molar-refractivity contribution in [1.29, 1.82) is 0 Å². The summed E-state index contributed by atoms with van der Waals surface area (Å²) in [6, 6.07) is 7.87. The van der Waals surface area contributed by atoms with Crippen molar-refractivity contribution in [2.75, 3.05) is 7.05 Å². The molecule has 0 bridgehead atoms. The molecule has 2 aromatic rings. The first kappa shape index (κ1) is 12.0. The Labute approximate surface area is 104 Å². The summed E-state index contributed by atoms with van der Waals surface area (Å²) in [6.45, 7) is 1.90. The molecule has 0 aliphatic carbocycles. The summed E-state index contributed by atoms with van der Waals surface area (Å²) < 4.78 is 1.11. The van der Waals surface area contributed by atoms with Crippen LogP contribution in [0, 0.1) is 0 Å². The molecule has 1 aromatic heterocycles. The number of amides is 1. The highest BCUT2D eigenvalue weighted by molar-refractivity contribution is 7.18. The van der Waals surface area contributed by atoms with E-state index in [2.05, 4.69) is 4.98 Å². The molecule has 0 spiro atoms. The number of para-hydroxylation sites is 1. The molecule has 0 radical (unpaired) electrons. The molecule has 1 atom stereocenters. The minimum absolute atomic E-state index is 0.288.